The van der Waals surface area contributed by atoms with Crippen LogP contribution in [0.5, 0.6) is 0 Å². The van der Waals surface area contributed by atoms with Gasteiger partial charge in [0, 0.05) is 24.2 Å². The summed E-state index contributed by atoms with van der Waals surface area (Å²) < 4.78 is 1.74. The van der Waals surface area contributed by atoms with Crippen LogP contribution in [0.2, 0.25) is 5.02 Å². The van der Waals surface area contributed by atoms with Crippen molar-refractivity contribution in [1.29, 1.82) is 0 Å². The van der Waals surface area contributed by atoms with Gasteiger partial charge < -0.3 is 10.0 Å². The number of aliphatic hydroxyl groups is 1. The molecule has 5 nitrogen and oxygen atoms in total. The van der Waals surface area contributed by atoms with Gasteiger partial charge in [0.1, 0.15) is 0 Å². The molecule has 3 rings (SSSR count). The fourth-order valence-corrected chi connectivity index (χ4v) is 3.54. The number of amides is 1. The van der Waals surface area contributed by atoms with Gasteiger partial charge in [-0.1, -0.05) is 17.7 Å². The summed E-state index contributed by atoms with van der Waals surface area (Å²) in [7, 11) is 0. The summed E-state index contributed by atoms with van der Waals surface area (Å²) in [6.07, 6.45) is 5.33. The Bertz CT molecular complexity index is 727. The maximum Gasteiger partial charge on any atom is 0.257 e. The number of likely N-dealkylation sites (tertiary alicyclic amines) is 1. The van der Waals surface area contributed by atoms with Crippen molar-refractivity contribution in [3.05, 3.63) is 46.7 Å². The van der Waals surface area contributed by atoms with Crippen molar-refractivity contribution in [2.24, 2.45) is 0 Å². The Hall–Kier alpha value is -1.85. The van der Waals surface area contributed by atoms with Crippen molar-refractivity contribution in [2.45, 2.75) is 38.6 Å². The van der Waals surface area contributed by atoms with E-state index in [2.05, 4.69) is 5.10 Å². The van der Waals surface area contributed by atoms with Crippen LogP contribution in [-0.2, 0) is 0 Å². The molecule has 0 saturated carbocycles. The number of nitrogens with zero attached hydrogens (tertiary/aromatic N) is 3. The van der Waals surface area contributed by atoms with E-state index in [9.17, 15) is 9.90 Å². The van der Waals surface area contributed by atoms with Crippen LogP contribution in [0.1, 0.15) is 41.7 Å². The van der Waals surface area contributed by atoms with Crippen LogP contribution in [0.3, 0.4) is 0 Å². The predicted molar refractivity (Wildman–Crippen MR) is 93.7 cm³/mol. The molecular weight excluding hydrogens is 326 g/mol. The summed E-state index contributed by atoms with van der Waals surface area (Å²) in [5.74, 6) is -0.000993. The minimum Gasteiger partial charge on any atom is -0.396 e. The Morgan fingerprint density at radius 1 is 1.42 bits per heavy atom. The molecule has 1 unspecified atom stereocenters. The molecule has 1 N–H and O–H groups in total. The molecule has 1 fully saturated rings. The molecule has 2 heterocycles. The quantitative estimate of drug-likeness (QED) is 0.923. The Kier molecular flexibility index (Phi) is 5.21. The molecule has 1 atom stereocenters. The fraction of sp³-hybridized carbons (Fsp3) is 0.444. The molecule has 1 amide bonds. The number of benzene rings is 1. The van der Waals surface area contributed by atoms with E-state index in [1.54, 1.807) is 10.9 Å². The highest BCUT2D eigenvalue weighted by Gasteiger charge is 2.29. The zero-order chi connectivity index (χ0) is 17.1. The second-order valence-corrected chi connectivity index (χ2v) is 6.63. The highest BCUT2D eigenvalue weighted by atomic mass is 35.5. The highest BCUT2D eigenvalue weighted by Crippen LogP contribution is 2.24. The first-order valence-electron chi connectivity index (χ1n) is 8.34. The van der Waals surface area contributed by atoms with Crippen molar-refractivity contribution in [3.63, 3.8) is 0 Å². The molecule has 0 radical (unpaired) electrons. The van der Waals surface area contributed by atoms with Crippen LogP contribution >= 0.6 is 11.6 Å². The van der Waals surface area contributed by atoms with Crippen LogP contribution in [0.15, 0.2) is 30.5 Å². The minimum atomic E-state index is -0.000993. The summed E-state index contributed by atoms with van der Waals surface area (Å²) in [6.45, 7) is 2.74. The molecule has 24 heavy (non-hydrogen) atoms. The second kappa shape index (κ2) is 7.36. The van der Waals surface area contributed by atoms with Gasteiger partial charge in [-0.15, -0.1) is 0 Å². The third kappa shape index (κ3) is 3.32. The Morgan fingerprint density at radius 2 is 2.25 bits per heavy atom. The van der Waals surface area contributed by atoms with E-state index < -0.39 is 0 Å². The van der Waals surface area contributed by atoms with Gasteiger partial charge in [-0.3, -0.25) is 4.79 Å². The van der Waals surface area contributed by atoms with Crippen LogP contribution in [0.25, 0.3) is 5.69 Å². The molecule has 1 saturated heterocycles. The Morgan fingerprint density at radius 3 is 3.00 bits per heavy atom. The lowest BCUT2D eigenvalue weighted by atomic mass is 9.98. The molecule has 1 aromatic carbocycles. The number of carbonyl (C=O) groups is 1. The van der Waals surface area contributed by atoms with Gasteiger partial charge in [-0.25, -0.2) is 4.68 Å². The first-order valence-corrected chi connectivity index (χ1v) is 8.72. The van der Waals surface area contributed by atoms with Crippen molar-refractivity contribution in [3.8, 4) is 5.69 Å². The molecule has 128 valence electrons. The Balaban J connectivity index is 1.88. The third-order valence-corrected chi connectivity index (χ3v) is 4.88. The van der Waals surface area contributed by atoms with Crippen LogP contribution in [0.4, 0.5) is 0 Å². The van der Waals surface area contributed by atoms with E-state index >= 15 is 0 Å². The highest BCUT2D eigenvalue weighted by molar-refractivity contribution is 6.30. The van der Waals surface area contributed by atoms with Crippen LogP contribution < -0.4 is 0 Å². The maximum atomic E-state index is 13.0. The summed E-state index contributed by atoms with van der Waals surface area (Å²) in [5, 5.41) is 14.3. The maximum absolute atomic E-state index is 13.0. The summed E-state index contributed by atoms with van der Waals surface area (Å²) in [4.78, 5) is 14.9. The topological polar surface area (TPSA) is 58.4 Å². The number of aliphatic hydroxyl groups excluding tert-OH is 1. The predicted octanol–water partition coefficient (Wildman–Crippen LogP) is 3.21. The number of aromatic nitrogens is 2. The molecule has 2 aromatic rings. The van der Waals surface area contributed by atoms with Gasteiger partial charge in [0.25, 0.3) is 5.91 Å². The van der Waals surface area contributed by atoms with E-state index in [-0.39, 0.29) is 18.6 Å². The van der Waals surface area contributed by atoms with E-state index in [0.29, 0.717) is 17.0 Å². The van der Waals surface area contributed by atoms with Crippen molar-refractivity contribution in [1.82, 2.24) is 14.7 Å². The molecule has 1 aliphatic heterocycles. The fourth-order valence-electron chi connectivity index (χ4n) is 3.36. The number of rotatable bonds is 4. The molecule has 1 aliphatic rings. The number of carbonyl (C=O) groups excluding carboxylic acids is 1. The molecule has 0 bridgehead atoms. The lowest BCUT2D eigenvalue weighted by Crippen LogP contribution is -2.44. The van der Waals surface area contributed by atoms with Gasteiger partial charge in [0.15, 0.2) is 0 Å². The van der Waals surface area contributed by atoms with E-state index in [4.69, 9.17) is 11.6 Å². The van der Waals surface area contributed by atoms with Crippen molar-refractivity contribution < 1.29 is 9.90 Å². The number of hydrogen-bond donors (Lipinski definition) is 1. The summed E-state index contributed by atoms with van der Waals surface area (Å²) >= 11 is 6.05. The first-order chi connectivity index (χ1) is 11.6. The number of halogens is 1. The Labute approximate surface area is 146 Å². The number of hydrogen-bond acceptors (Lipinski definition) is 3. The smallest absolute Gasteiger partial charge is 0.257 e. The molecule has 0 spiro atoms. The molecule has 1 aromatic heterocycles. The largest absolute Gasteiger partial charge is 0.396 e. The minimum absolute atomic E-state index is 0.000993. The van der Waals surface area contributed by atoms with Crippen molar-refractivity contribution in [2.75, 3.05) is 13.2 Å². The zero-order valence-corrected chi connectivity index (χ0v) is 14.5. The van der Waals surface area contributed by atoms with Crippen LogP contribution in [0, 0.1) is 6.92 Å². The monoisotopic (exact) mass is 347 g/mol. The van der Waals surface area contributed by atoms with E-state index in [0.717, 1.165) is 37.2 Å². The summed E-state index contributed by atoms with van der Waals surface area (Å²) in [5.41, 5.74) is 2.25. The van der Waals surface area contributed by atoms with Gasteiger partial charge in [0.05, 0.1) is 23.1 Å². The molecule has 0 aliphatic carbocycles. The average molecular weight is 348 g/mol. The van der Waals surface area contributed by atoms with Gasteiger partial charge in [0.2, 0.25) is 0 Å². The zero-order valence-electron chi connectivity index (χ0n) is 13.8. The number of piperidine rings is 1. The van der Waals surface area contributed by atoms with Gasteiger partial charge in [-0.2, -0.15) is 5.10 Å². The lowest BCUT2D eigenvalue weighted by Gasteiger charge is -2.35. The third-order valence-electron chi connectivity index (χ3n) is 4.64. The lowest BCUT2D eigenvalue weighted by molar-refractivity contribution is 0.0574. The normalized spacial score (nSPS) is 18.0. The second-order valence-electron chi connectivity index (χ2n) is 6.20. The standard InChI is InChI=1S/C18H22ClN3O2/c1-13-17(12-20-22(13)16-7-4-5-14(19)11-16)18(24)21-9-3-2-6-15(21)8-10-23/h4-5,7,11-12,15,23H,2-3,6,8-10H2,1H3. The average Bonchev–Trinajstić information content (AvgIpc) is 2.96. The van der Waals surface area contributed by atoms with Gasteiger partial charge in [-0.05, 0) is 50.8 Å². The van der Waals surface area contributed by atoms with E-state index in [1.807, 2.05) is 36.1 Å². The molecule has 6 heteroatoms. The SMILES string of the molecule is Cc1c(C(=O)N2CCCCC2CCO)cnn1-c1cccc(Cl)c1. The van der Waals surface area contributed by atoms with Crippen molar-refractivity contribution >= 4 is 17.5 Å². The van der Waals surface area contributed by atoms with Crippen LogP contribution in [-0.4, -0.2) is 44.9 Å². The molecular formula is C18H22ClN3O2. The van der Waals surface area contributed by atoms with Gasteiger partial charge >= 0.3 is 0 Å². The van der Waals surface area contributed by atoms with E-state index in [1.165, 1.54) is 0 Å². The first kappa shape index (κ1) is 17.0. The summed E-state index contributed by atoms with van der Waals surface area (Å²) in [6, 6.07) is 7.52.